The predicted octanol–water partition coefficient (Wildman–Crippen LogP) is 3.92. The Kier molecular flexibility index (Phi) is 5.33. The molecule has 2 aromatic rings. The molecule has 0 radical (unpaired) electrons. The molecule has 0 saturated carbocycles. The number of nitrogens with one attached hydrogen (secondary N) is 1. The third-order valence-corrected chi connectivity index (χ3v) is 6.25. The van der Waals surface area contributed by atoms with E-state index in [-0.39, 0.29) is 4.75 Å². The molecule has 118 valence electrons. The standard InChI is InChI=1S/C16H21N3OS2/c1-2-21-16(8-10-20-11-9-16)12-17-15-19-18-14(22-15)13-6-4-3-5-7-13/h3-7H,2,8-12H2,1H3,(H,17,19). The van der Waals surface area contributed by atoms with Crippen LogP contribution in [0, 0.1) is 0 Å². The molecule has 1 aromatic heterocycles. The SMILES string of the molecule is CCSC1(CNc2nnc(-c3ccccc3)s2)CCOCC1. The lowest BCUT2D eigenvalue weighted by Gasteiger charge is -2.36. The molecule has 2 heterocycles. The lowest BCUT2D eigenvalue weighted by atomic mass is 9.99. The average Bonchev–Trinajstić information content (AvgIpc) is 3.04. The fraction of sp³-hybridized carbons (Fsp3) is 0.500. The minimum absolute atomic E-state index is 0.269. The summed E-state index contributed by atoms with van der Waals surface area (Å²) in [4.78, 5) is 0. The number of thioether (sulfide) groups is 1. The molecule has 1 aromatic carbocycles. The van der Waals surface area contributed by atoms with Gasteiger partial charge in [-0.15, -0.1) is 10.2 Å². The average molecular weight is 335 g/mol. The Balaban J connectivity index is 1.64. The highest BCUT2D eigenvalue weighted by atomic mass is 32.2. The third-order valence-electron chi connectivity index (χ3n) is 3.86. The zero-order valence-corrected chi connectivity index (χ0v) is 14.4. The minimum atomic E-state index is 0.269. The summed E-state index contributed by atoms with van der Waals surface area (Å²) in [6.45, 7) is 4.87. The Morgan fingerprint density at radius 2 is 2.00 bits per heavy atom. The summed E-state index contributed by atoms with van der Waals surface area (Å²) in [5.41, 5.74) is 1.12. The summed E-state index contributed by atoms with van der Waals surface area (Å²) in [7, 11) is 0. The maximum atomic E-state index is 5.52. The van der Waals surface area contributed by atoms with Gasteiger partial charge in [0, 0.05) is 30.1 Å². The Morgan fingerprint density at radius 1 is 1.23 bits per heavy atom. The number of rotatable bonds is 6. The highest BCUT2D eigenvalue weighted by Crippen LogP contribution is 2.36. The predicted molar refractivity (Wildman–Crippen MR) is 94.8 cm³/mol. The molecule has 1 N–H and O–H groups in total. The second-order valence-corrected chi connectivity index (χ2v) is 8.07. The third kappa shape index (κ3) is 3.80. The van der Waals surface area contributed by atoms with Gasteiger partial charge in [-0.1, -0.05) is 48.6 Å². The fourth-order valence-electron chi connectivity index (χ4n) is 2.65. The highest BCUT2D eigenvalue weighted by Gasteiger charge is 2.32. The van der Waals surface area contributed by atoms with Gasteiger partial charge in [0.05, 0.1) is 0 Å². The van der Waals surface area contributed by atoms with Crippen molar-refractivity contribution in [3.63, 3.8) is 0 Å². The molecule has 0 unspecified atom stereocenters. The van der Waals surface area contributed by atoms with Gasteiger partial charge in [0.15, 0.2) is 0 Å². The minimum Gasteiger partial charge on any atom is -0.381 e. The smallest absolute Gasteiger partial charge is 0.206 e. The van der Waals surface area contributed by atoms with E-state index in [0.29, 0.717) is 0 Å². The molecular formula is C16H21N3OS2. The first-order chi connectivity index (χ1) is 10.8. The van der Waals surface area contributed by atoms with E-state index in [1.807, 2.05) is 30.0 Å². The monoisotopic (exact) mass is 335 g/mol. The second-order valence-electron chi connectivity index (χ2n) is 5.36. The van der Waals surface area contributed by atoms with Crippen LogP contribution >= 0.6 is 23.1 Å². The van der Waals surface area contributed by atoms with E-state index in [2.05, 4.69) is 34.6 Å². The van der Waals surface area contributed by atoms with Gasteiger partial charge in [0.1, 0.15) is 5.01 Å². The lowest BCUT2D eigenvalue weighted by Crippen LogP contribution is -2.39. The second kappa shape index (κ2) is 7.44. The van der Waals surface area contributed by atoms with Gasteiger partial charge in [-0.2, -0.15) is 11.8 Å². The van der Waals surface area contributed by atoms with Gasteiger partial charge >= 0.3 is 0 Å². The lowest BCUT2D eigenvalue weighted by molar-refractivity contribution is 0.0802. The highest BCUT2D eigenvalue weighted by molar-refractivity contribution is 8.00. The van der Waals surface area contributed by atoms with E-state index in [9.17, 15) is 0 Å². The molecule has 1 aliphatic rings. The van der Waals surface area contributed by atoms with Crippen LogP contribution in [-0.4, -0.2) is 40.5 Å². The summed E-state index contributed by atoms with van der Waals surface area (Å²) in [5, 5.41) is 13.9. The van der Waals surface area contributed by atoms with E-state index in [1.54, 1.807) is 11.3 Å². The first-order valence-corrected chi connectivity index (χ1v) is 9.46. The zero-order chi connectivity index (χ0) is 15.3. The molecule has 22 heavy (non-hydrogen) atoms. The molecule has 1 saturated heterocycles. The van der Waals surface area contributed by atoms with E-state index >= 15 is 0 Å². The summed E-state index contributed by atoms with van der Waals surface area (Å²) >= 11 is 3.65. The Bertz CT molecular complexity index is 577. The molecule has 0 amide bonds. The summed E-state index contributed by atoms with van der Waals surface area (Å²) in [6, 6.07) is 10.2. The summed E-state index contributed by atoms with van der Waals surface area (Å²) in [6.07, 6.45) is 2.20. The van der Waals surface area contributed by atoms with E-state index in [1.165, 1.54) is 0 Å². The van der Waals surface area contributed by atoms with Gasteiger partial charge in [-0.3, -0.25) is 0 Å². The van der Waals surface area contributed by atoms with Crippen molar-refractivity contribution in [2.75, 3.05) is 30.8 Å². The van der Waals surface area contributed by atoms with Crippen molar-refractivity contribution in [2.45, 2.75) is 24.5 Å². The number of hydrogen-bond acceptors (Lipinski definition) is 6. The molecule has 1 fully saturated rings. The first-order valence-electron chi connectivity index (χ1n) is 7.66. The Hall–Kier alpha value is -1.11. The number of hydrogen-bond donors (Lipinski definition) is 1. The van der Waals surface area contributed by atoms with Gasteiger partial charge in [0.2, 0.25) is 5.13 Å². The first kappa shape index (κ1) is 15.8. The van der Waals surface area contributed by atoms with Crippen LogP contribution in [0.3, 0.4) is 0 Å². The quantitative estimate of drug-likeness (QED) is 0.867. The van der Waals surface area contributed by atoms with Crippen molar-refractivity contribution in [1.29, 1.82) is 0 Å². The van der Waals surface area contributed by atoms with Crippen LogP contribution in [0.25, 0.3) is 10.6 Å². The molecule has 0 bridgehead atoms. The molecule has 0 atom stereocenters. The van der Waals surface area contributed by atoms with Crippen molar-refractivity contribution in [3.8, 4) is 10.6 Å². The van der Waals surface area contributed by atoms with Crippen molar-refractivity contribution in [2.24, 2.45) is 0 Å². The maximum absolute atomic E-state index is 5.52. The maximum Gasteiger partial charge on any atom is 0.206 e. The van der Waals surface area contributed by atoms with Gasteiger partial charge in [-0.25, -0.2) is 0 Å². The number of benzene rings is 1. The van der Waals surface area contributed by atoms with Gasteiger partial charge in [-0.05, 0) is 18.6 Å². The molecule has 4 nitrogen and oxygen atoms in total. The molecule has 3 rings (SSSR count). The van der Waals surface area contributed by atoms with Crippen LogP contribution < -0.4 is 5.32 Å². The summed E-state index contributed by atoms with van der Waals surface area (Å²) < 4.78 is 5.79. The van der Waals surface area contributed by atoms with Crippen LogP contribution in [-0.2, 0) is 4.74 Å². The van der Waals surface area contributed by atoms with E-state index in [0.717, 1.165) is 54.1 Å². The fourth-order valence-corrected chi connectivity index (χ4v) is 4.64. The van der Waals surface area contributed by atoms with Crippen LogP contribution in [0.4, 0.5) is 5.13 Å². The molecular weight excluding hydrogens is 314 g/mol. The number of aromatic nitrogens is 2. The largest absolute Gasteiger partial charge is 0.381 e. The molecule has 1 aliphatic heterocycles. The topological polar surface area (TPSA) is 47.0 Å². The van der Waals surface area contributed by atoms with Crippen molar-refractivity contribution in [1.82, 2.24) is 10.2 Å². The van der Waals surface area contributed by atoms with E-state index < -0.39 is 0 Å². The molecule has 0 aliphatic carbocycles. The van der Waals surface area contributed by atoms with Crippen molar-refractivity contribution < 1.29 is 4.74 Å². The Morgan fingerprint density at radius 3 is 2.73 bits per heavy atom. The van der Waals surface area contributed by atoms with Crippen molar-refractivity contribution in [3.05, 3.63) is 30.3 Å². The van der Waals surface area contributed by atoms with Crippen LogP contribution in [0.5, 0.6) is 0 Å². The van der Waals surface area contributed by atoms with Crippen LogP contribution in [0.15, 0.2) is 30.3 Å². The molecule has 0 spiro atoms. The normalized spacial score (nSPS) is 17.3. The number of ether oxygens (including phenoxy) is 1. The van der Waals surface area contributed by atoms with E-state index in [4.69, 9.17) is 4.74 Å². The number of anilines is 1. The van der Waals surface area contributed by atoms with Crippen LogP contribution in [0.1, 0.15) is 19.8 Å². The number of nitrogens with zero attached hydrogens (tertiary/aromatic N) is 2. The molecule has 6 heteroatoms. The zero-order valence-electron chi connectivity index (χ0n) is 12.7. The van der Waals surface area contributed by atoms with Gasteiger partial charge < -0.3 is 10.1 Å². The van der Waals surface area contributed by atoms with Crippen molar-refractivity contribution >= 4 is 28.2 Å². The summed E-state index contributed by atoms with van der Waals surface area (Å²) in [5.74, 6) is 1.13. The Labute approximate surface area is 139 Å². The van der Waals surface area contributed by atoms with Gasteiger partial charge in [0.25, 0.3) is 0 Å². The van der Waals surface area contributed by atoms with Crippen LogP contribution in [0.2, 0.25) is 0 Å².